The average molecular weight is 259 g/mol. The van der Waals surface area contributed by atoms with E-state index in [9.17, 15) is 13.5 Å². The van der Waals surface area contributed by atoms with Gasteiger partial charge in [-0.25, -0.2) is 13.1 Å². The zero-order valence-electron chi connectivity index (χ0n) is 9.88. The SMILES string of the molecule is COCC(C)CNS(=O)(=O)c1cccc(O)c1. The van der Waals surface area contributed by atoms with Crippen molar-refractivity contribution >= 4 is 10.0 Å². The van der Waals surface area contributed by atoms with Crippen LogP contribution in [0.4, 0.5) is 0 Å². The predicted octanol–water partition coefficient (Wildman–Crippen LogP) is 0.953. The third-order valence-electron chi connectivity index (χ3n) is 2.20. The number of methoxy groups -OCH3 is 1. The third-order valence-corrected chi connectivity index (χ3v) is 3.62. The minimum absolute atomic E-state index is 0.0575. The molecular formula is C11H17NO4S. The fraction of sp³-hybridized carbons (Fsp3) is 0.455. The van der Waals surface area contributed by atoms with Crippen LogP contribution in [0.3, 0.4) is 0 Å². The van der Waals surface area contributed by atoms with E-state index in [2.05, 4.69) is 4.72 Å². The molecule has 96 valence electrons. The van der Waals surface area contributed by atoms with Crippen LogP contribution in [-0.4, -0.2) is 33.8 Å². The van der Waals surface area contributed by atoms with Crippen LogP contribution >= 0.6 is 0 Å². The molecule has 0 saturated heterocycles. The number of phenolic OH excluding ortho intramolecular Hbond substituents is 1. The van der Waals surface area contributed by atoms with Crippen LogP contribution in [0.1, 0.15) is 6.92 Å². The standard InChI is InChI=1S/C11H17NO4S/c1-9(8-16-2)7-12-17(14,15)11-5-3-4-10(13)6-11/h3-6,9,12-13H,7-8H2,1-2H3. The minimum Gasteiger partial charge on any atom is -0.508 e. The van der Waals surface area contributed by atoms with Gasteiger partial charge in [-0.1, -0.05) is 13.0 Å². The molecule has 0 spiro atoms. The normalized spacial score (nSPS) is 13.5. The molecule has 6 heteroatoms. The van der Waals surface area contributed by atoms with Crippen LogP contribution in [-0.2, 0) is 14.8 Å². The molecule has 0 fully saturated rings. The van der Waals surface area contributed by atoms with E-state index in [1.165, 1.54) is 24.3 Å². The Labute approximate surface area is 101 Å². The number of nitrogens with one attached hydrogen (secondary N) is 1. The van der Waals surface area contributed by atoms with E-state index < -0.39 is 10.0 Å². The van der Waals surface area contributed by atoms with Crippen molar-refractivity contribution in [2.75, 3.05) is 20.3 Å². The average Bonchev–Trinajstić information content (AvgIpc) is 2.27. The summed E-state index contributed by atoms with van der Waals surface area (Å²) < 4.78 is 31.0. The second kappa shape index (κ2) is 6.00. The van der Waals surface area contributed by atoms with E-state index in [1.54, 1.807) is 7.11 Å². The van der Waals surface area contributed by atoms with E-state index >= 15 is 0 Å². The molecule has 0 aliphatic rings. The summed E-state index contributed by atoms with van der Waals surface area (Å²) in [5, 5.41) is 9.23. The van der Waals surface area contributed by atoms with Gasteiger partial charge < -0.3 is 9.84 Å². The Hall–Kier alpha value is -1.11. The van der Waals surface area contributed by atoms with Gasteiger partial charge in [0.15, 0.2) is 0 Å². The molecule has 1 rings (SSSR count). The van der Waals surface area contributed by atoms with Crippen LogP contribution in [0, 0.1) is 5.92 Å². The highest BCUT2D eigenvalue weighted by Crippen LogP contribution is 2.15. The lowest BCUT2D eigenvalue weighted by molar-refractivity contribution is 0.161. The topological polar surface area (TPSA) is 75.6 Å². The number of ether oxygens (including phenoxy) is 1. The maximum Gasteiger partial charge on any atom is 0.240 e. The number of hydrogen-bond donors (Lipinski definition) is 2. The maximum absolute atomic E-state index is 11.8. The van der Waals surface area contributed by atoms with Crippen molar-refractivity contribution in [3.8, 4) is 5.75 Å². The summed E-state index contributed by atoms with van der Waals surface area (Å²) in [5.74, 6) is 0.0184. The van der Waals surface area contributed by atoms with Gasteiger partial charge in [0.05, 0.1) is 4.90 Å². The first-order chi connectivity index (χ1) is 7.95. The molecule has 0 aliphatic heterocycles. The minimum atomic E-state index is -3.56. The van der Waals surface area contributed by atoms with Crippen molar-refractivity contribution in [1.82, 2.24) is 4.72 Å². The van der Waals surface area contributed by atoms with E-state index in [1.807, 2.05) is 6.92 Å². The summed E-state index contributed by atoms with van der Waals surface area (Å²) in [7, 11) is -1.99. The molecule has 1 atom stereocenters. The summed E-state index contributed by atoms with van der Waals surface area (Å²) >= 11 is 0. The second-order valence-electron chi connectivity index (χ2n) is 3.91. The highest BCUT2D eigenvalue weighted by atomic mass is 32.2. The smallest absolute Gasteiger partial charge is 0.240 e. The van der Waals surface area contributed by atoms with E-state index in [0.717, 1.165) is 0 Å². The van der Waals surface area contributed by atoms with Gasteiger partial charge in [-0.05, 0) is 24.1 Å². The zero-order chi connectivity index (χ0) is 12.9. The molecule has 0 saturated carbocycles. The van der Waals surface area contributed by atoms with Crippen molar-refractivity contribution in [2.24, 2.45) is 5.92 Å². The summed E-state index contributed by atoms with van der Waals surface area (Å²) in [6, 6.07) is 5.56. The van der Waals surface area contributed by atoms with Crippen molar-refractivity contribution in [3.63, 3.8) is 0 Å². The van der Waals surface area contributed by atoms with Crippen LogP contribution in [0.2, 0.25) is 0 Å². The van der Waals surface area contributed by atoms with Gasteiger partial charge >= 0.3 is 0 Å². The Morgan fingerprint density at radius 2 is 2.18 bits per heavy atom. The molecule has 1 aromatic carbocycles. The van der Waals surface area contributed by atoms with Gasteiger partial charge in [-0.15, -0.1) is 0 Å². The predicted molar refractivity (Wildman–Crippen MR) is 64.3 cm³/mol. The Morgan fingerprint density at radius 3 is 2.76 bits per heavy atom. The number of hydrogen-bond acceptors (Lipinski definition) is 4. The van der Waals surface area contributed by atoms with Crippen LogP contribution in [0.15, 0.2) is 29.2 Å². The summed E-state index contributed by atoms with van der Waals surface area (Å²) in [6.07, 6.45) is 0. The van der Waals surface area contributed by atoms with E-state index in [4.69, 9.17) is 4.74 Å². The fourth-order valence-electron chi connectivity index (χ4n) is 1.33. The Morgan fingerprint density at radius 1 is 1.47 bits per heavy atom. The first-order valence-electron chi connectivity index (χ1n) is 5.23. The molecule has 0 aliphatic carbocycles. The highest BCUT2D eigenvalue weighted by molar-refractivity contribution is 7.89. The molecule has 0 radical (unpaired) electrons. The second-order valence-corrected chi connectivity index (χ2v) is 5.68. The summed E-state index contributed by atoms with van der Waals surface area (Å²) in [6.45, 7) is 2.67. The first-order valence-corrected chi connectivity index (χ1v) is 6.71. The van der Waals surface area contributed by atoms with E-state index in [-0.39, 0.29) is 16.6 Å². The molecule has 2 N–H and O–H groups in total. The van der Waals surface area contributed by atoms with Crippen molar-refractivity contribution < 1.29 is 18.3 Å². The molecule has 0 bridgehead atoms. The molecule has 0 aromatic heterocycles. The maximum atomic E-state index is 11.8. The Balaban J connectivity index is 2.69. The first kappa shape index (κ1) is 14.0. The molecule has 0 amide bonds. The number of sulfonamides is 1. The molecule has 1 unspecified atom stereocenters. The largest absolute Gasteiger partial charge is 0.508 e. The van der Waals surface area contributed by atoms with Gasteiger partial charge in [0, 0.05) is 20.3 Å². The number of phenols is 1. The molecule has 5 nitrogen and oxygen atoms in total. The van der Waals surface area contributed by atoms with Gasteiger partial charge in [0.1, 0.15) is 5.75 Å². The number of benzene rings is 1. The lowest BCUT2D eigenvalue weighted by Crippen LogP contribution is -2.29. The summed E-state index contributed by atoms with van der Waals surface area (Å²) in [5.41, 5.74) is 0. The van der Waals surface area contributed by atoms with Crippen LogP contribution in [0.25, 0.3) is 0 Å². The Kier molecular flexibility index (Phi) is 4.92. The van der Waals surface area contributed by atoms with Gasteiger partial charge in [0.25, 0.3) is 0 Å². The lowest BCUT2D eigenvalue weighted by Gasteiger charge is -2.12. The van der Waals surface area contributed by atoms with Crippen LogP contribution in [0.5, 0.6) is 5.75 Å². The van der Waals surface area contributed by atoms with Crippen molar-refractivity contribution in [2.45, 2.75) is 11.8 Å². The quantitative estimate of drug-likeness (QED) is 0.797. The molecular weight excluding hydrogens is 242 g/mol. The number of rotatable bonds is 6. The van der Waals surface area contributed by atoms with Crippen molar-refractivity contribution in [3.05, 3.63) is 24.3 Å². The van der Waals surface area contributed by atoms with Crippen LogP contribution < -0.4 is 4.72 Å². The molecule has 1 aromatic rings. The van der Waals surface area contributed by atoms with Gasteiger partial charge in [-0.3, -0.25) is 0 Å². The van der Waals surface area contributed by atoms with Gasteiger partial charge in [-0.2, -0.15) is 0 Å². The third kappa shape index (κ3) is 4.33. The van der Waals surface area contributed by atoms with Gasteiger partial charge in [0.2, 0.25) is 10.0 Å². The monoisotopic (exact) mass is 259 g/mol. The molecule has 0 heterocycles. The zero-order valence-corrected chi connectivity index (χ0v) is 10.7. The summed E-state index contributed by atoms with van der Waals surface area (Å²) in [4.78, 5) is 0.0575. The van der Waals surface area contributed by atoms with E-state index in [0.29, 0.717) is 13.2 Å². The Bertz CT molecular complexity index is 458. The fourth-order valence-corrected chi connectivity index (χ4v) is 2.53. The van der Waals surface area contributed by atoms with Crippen molar-refractivity contribution in [1.29, 1.82) is 0 Å². The number of aromatic hydroxyl groups is 1. The molecule has 17 heavy (non-hydrogen) atoms. The lowest BCUT2D eigenvalue weighted by atomic mass is 10.2. The highest BCUT2D eigenvalue weighted by Gasteiger charge is 2.15.